The van der Waals surface area contributed by atoms with E-state index in [2.05, 4.69) is 9.97 Å². The Hall–Kier alpha value is -4.71. The summed E-state index contributed by atoms with van der Waals surface area (Å²) in [4.78, 5) is 8.22. The average Bonchev–Trinajstić information content (AvgIpc) is 3.14. The van der Waals surface area contributed by atoms with Gasteiger partial charge >= 0.3 is 0 Å². The highest BCUT2D eigenvalue weighted by Gasteiger charge is 2.22. The van der Waals surface area contributed by atoms with Crippen LogP contribution in [0.1, 0.15) is 42.7 Å². The Morgan fingerprint density at radius 2 is 1.06 bits per heavy atom. The van der Waals surface area contributed by atoms with Crippen molar-refractivity contribution in [2.45, 2.75) is 32.7 Å². The molecular formula is C39H31Cl4F3N4O3. The number of ether oxygens (including phenoxy) is 2. The number of hydrogen-bond acceptors (Lipinski definition) is 7. The number of aliphatic hydroxyl groups excluding tert-OH is 1. The molecule has 2 atom stereocenters. The molecule has 0 saturated carbocycles. The Morgan fingerprint density at radius 3 is 1.53 bits per heavy atom. The maximum Gasteiger partial charge on any atom is 0.166 e. The Kier molecular flexibility index (Phi) is 13.0. The smallest absolute Gasteiger partial charge is 0.166 e. The number of nitrogen functional groups attached to an aromatic ring is 2. The second-order valence-electron chi connectivity index (χ2n) is 11.5. The second-order valence-corrected chi connectivity index (χ2v) is 13.1. The van der Waals surface area contributed by atoms with Gasteiger partial charge in [0.05, 0.1) is 16.7 Å². The molecule has 0 aliphatic heterocycles. The Bertz CT molecular complexity index is 2260. The molecule has 0 spiro atoms. The van der Waals surface area contributed by atoms with Crippen molar-refractivity contribution < 1.29 is 27.8 Å². The largest absolute Gasteiger partial charge is 0.482 e. The lowest BCUT2D eigenvalue weighted by molar-refractivity contribution is 0.227. The van der Waals surface area contributed by atoms with Crippen molar-refractivity contribution in [2.75, 3.05) is 11.5 Å². The molecular weight excluding hydrogens is 771 g/mol. The number of aromatic nitrogens is 2. The van der Waals surface area contributed by atoms with Crippen LogP contribution in [-0.4, -0.2) is 15.1 Å². The van der Waals surface area contributed by atoms with Crippen LogP contribution in [0.25, 0.3) is 22.3 Å². The predicted molar refractivity (Wildman–Crippen MR) is 205 cm³/mol. The van der Waals surface area contributed by atoms with E-state index in [1.165, 1.54) is 36.5 Å². The van der Waals surface area contributed by atoms with E-state index in [-0.39, 0.29) is 39.1 Å². The fourth-order valence-electron chi connectivity index (χ4n) is 5.36. The number of pyridine rings is 2. The maximum absolute atomic E-state index is 14.0. The fraction of sp³-hybridized carbons (Fsp3) is 0.128. The van der Waals surface area contributed by atoms with Gasteiger partial charge in [-0.15, -0.1) is 0 Å². The first-order valence-corrected chi connectivity index (χ1v) is 17.4. The zero-order valence-corrected chi connectivity index (χ0v) is 31.1. The van der Waals surface area contributed by atoms with E-state index >= 15 is 0 Å². The van der Waals surface area contributed by atoms with Crippen LogP contribution in [0.4, 0.5) is 24.8 Å². The van der Waals surface area contributed by atoms with Crippen LogP contribution in [0.3, 0.4) is 0 Å². The van der Waals surface area contributed by atoms with Crippen molar-refractivity contribution in [1.29, 1.82) is 0 Å². The molecule has 0 bridgehead atoms. The third-order valence-electron chi connectivity index (χ3n) is 8.03. The van der Waals surface area contributed by atoms with E-state index in [9.17, 15) is 18.3 Å². The lowest BCUT2D eigenvalue weighted by Crippen LogP contribution is -2.08. The van der Waals surface area contributed by atoms with E-state index in [1.807, 2.05) is 24.3 Å². The average molecular weight is 803 g/mol. The lowest BCUT2D eigenvalue weighted by atomic mass is 10.0. The van der Waals surface area contributed by atoms with Crippen LogP contribution in [0, 0.1) is 17.5 Å². The molecule has 53 heavy (non-hydrogen) atoms. The molecule has 5 N–H and O–H groups in total. The zero-order chi connectivity index (χ0) is 38.4. The van der Waals surface area contributed by atoms with Gasteiger partial charge in [-0.3, -0.25) is 0 Å². The third-order valence-corrected chi connectivity index (χ3v) is 9.45. The number of halogens is 7. The van der Waals surface area contributed by atoms with E-state index in [1.54, 1.807) is 50.4 Å². The van der Waals surface area contributed by atoms with Gasteiger partial charge in [0.15, 0.2) is 23.1 Å². The number of aliphatic hydroxyl groups is 1. The summed E-state index contributed by atoms with van der Waals surface area (Å²) in [5.41, 5.74) is 15.6. The van der Waals surface area contributed by atoms with Gasteiger partial charge in [0.2, 0.25) is 0 Å². The van der Waals surface area contributed by atoms with Gasteiger partial charge < -0.3 is 26.0 Å². The summed E-state index contributed by atoms with van der Waals surface area (Å²) in [6, 6.07) is 22.1. The van der Waals surface area contributed by atoms with Gasteiger partial charge in [-0.25, -0.2) is 23.1 Å². The van der Waals surface area contributed by atoms with Crippen LogP contribution in [-0.2, 0) is 6.61 Å². The van der Waals surface area contributed by atoms with Crippen LogP contribution < -0.4 is 20.9 Å². The summed E-state index contributed by atoms with van der Waals surface area (Å²) in [5.74, 6) is -0.764. The van der Waals surface area contributed by atoms with Crippen molar-refractivity contribution in [3.63, 3.8) is 0 Å². The molecule has 6 rings (SSSR count). The predicted octanol–water partition coefficient (Wildman–Crippen LogP) is 11.5. The summed E-state index contributed by atoms with van der Waals surface area (Å²) < 4.78 is 53.3. The number of anilines is 2. The molecule has 6 aromatic rings. The molecule has 274 valence electrons. The van der Waals surface area contributed by atoms with Crippen molar-refractivity contribution in [1.82, 2.24) is 9.97 Å². The van der Waals surface area contributed by atoms with E-state index < -0.39 is 29.7 Å². The number of rotatable bonds is 9. The summed E-state index contributed by atoms with van der Waals surface area (Å²) in [6.07, 6.45) is 1.69. The van der Waals surface area contributed by atoms with Crippen molar-refractivity contribution >= 4 is 58.0 Å². The van der Waals surface area contributed by atoms with E-state index in [0.29, 0.717) is 33.0 Å². The first kappa shape index (κ1) is 39.5. The quantitative estimate of drug-likeness (QED) is 0.125. The standard InChI is InChI=1S/C20H17Cl2FN2O2.C19H14Cl2F2N2O/c1-11(18-15(21)6-7-16(23)19(18)22)27-17-8-13(9-25-20(17)24)14-5-3-2-4-12(14)10-26;1-10(17-13(20)6-7-15(23)18(17)21)26-16-8-11(9-25-19(16)24)12-4-2-3-5-14(12)22/h2-9,11,26H,10H2,1H3,(H2,24,25);2-10H,1H3,(H2,24,25). The van der Waals surface area contributed by atoms with Crippen LogP contribution in [0.2, 0.25) is 20.1 Å². The Labute approximate surface area is 323 Å². The molecule has 0 saturated heterocycles. The lowest BCUT2D eigenvalue weighted by Gasteiger charge is -2.19. The molecule has 2 aromatic heterocycles. The van der Waals surface area contributed by atoms with Crippen molar-refractivity contribution in [3.05, 3.63) is 152 Å². The van der Waals surface area contributed by atoms with Crippen LogP contribution in [0.15, 0.2) is 97.3 Å². The van der Waals surface area contributed by atoms with Crippen molar-refractivity contribution in [3.8, 4) is 33.8 Å². The molecule has 0 amide bonds. The molecule has 7 nitrogen and oxygen atoms in total. The molecule has 14 heteroatoms. The Morgan fingerprint density at radius 1 is 0.623 bits per heavy atom. The molecule has 2 heterocycles. The molecule has 0 aliphatic rings. The highest BCUT2D eigenvalue weighted by molar-refractivity contribution is 6.36. The van der Waals surface area contributed by atoms with Gasteiger partial charge in [-0.05, 0) is 67.4 Å². The normalized spacial score (nSPS) is 12.0. The number of nitrogens with zero attached hydrogens (tertiary/aromatic N) is 2. The summed E-state index contributed by atoms with van der Waals surface area (Å²) >= 11 is 24.3. The highest BCUT2D eigenvalue weighted by Crippen LogP contribution is 2.39. The topological polar surface area (TPSA) is 117 Å². The minimum atomic E-state index is -0.703. The summed E-state index contributed by atoms with van der Waals surface area (Å²) in [5, 5.41) is 9.88. The van der Waals surface area contributed by atoms with Gasteiger partial charge in [0, 0.05) is 50.3 Å². The van der Waals surface area contributed by atoms with E-state index in [4.69, 9.17) is 67.3 Å². The minimum Gasteiger partial charge on any atom is -0.482 e. The van der Waals surface area contributed by atoms with Gasteiger partial charge in [0.25, 0.3) is 0 Å². The number of benzene rings is 4. The first-order valence-electron chi connectivity index (χ1n) is 15.9. The SMILES string of the molecule is CC(Oc1cc(-c2ccccc2CO)cnc1N)c1c(Cl)ccc(F)c1Cl.CC(Oc1cc(-c2ccccc2F)cnc1N)c1c(Cl)ccc(F)c1Cl. The third kappa shape index (κ3) is 9.09. The Balaban J connectivity index is 0.000000204. The maximum atomic E-state index is 14.0. The van der Waals surface area contributed by atoms with Crippen LogP contribution in [0.5, 0.6) is 11.5 Å². The molecule has 0 radical (unpaired) electrons. The molecule has 2 unspecified atom stereocenters. The second kappa shape index (κ2) is 17.4. The van der Waals surface area contributed by atoms with Gasteiger partial charge in [-0.2, -0.15) is 0 Å². The highest BCUT2D eigenvalue weighted by atomic mass is 35.5. The van der Waals surface area contributed by atoms with Gasteiger partial charge in [0.1, 0.15) is 29.7 Å². The summed E-state index contributed by atoms with van der Waals surface area (Å²) in [6.45, 7) is 3.24. The van der Waals surface area contributed by atoms with Crippen LogP contribution >= 0.6 is 46.4 Å². The fourth-order valence-corrected chi connectivity index (χ4v) is 6.71. The molecule has 0 aliphatic carbocycles. The minimum absolute atomic E-state index is 0.0942. The molecule has 4 aromatic carbocycles. The summed E-state index contributed by atoms with van der Waals surface area (Å²) in [7, 11) is 0. The number of hydrogen-bond donors (Lipinski definition) is 3. The monoisotopic (exact) mass is 800 g/mol. The molecule has 0 fully saturated rings. The van der Waals surface area contributed by atoms with Crippen molar-refractivity contribution in [2.24, 2.45) is 0 Å². The zero-order valence-electron chi connectivity index (χ0n) is 28.1. The number of nitrogens with two attached hydrogens (primary N) is 2. The van der Waals surface area contributed by atoms with E-state index in [0.717, 1.165) is 16.7 Å². The van der Waals surface area contributed by atoms with Gasteiger partial charge in [-0.1, -0.05) is 88.9 Å². The first-order chi connectivity index (χ1) is 25.3.